The van der Waals surface area contributed by atoms with Crippen LogP contribution in [0.15, 0.2) is 71.5 Å². The van der Waals surface area contributed by atoms with Crippen LogP contribution < -0.4 is 5.56 Å². The molecule has 0 N–H and O–H groups in total. The number of benzene rings is 3. The van der Waals surface area contributed by atoms with Crippen molar-refractivity contribution in [1.29, 1.82) is 0 Å². The van der Waals surface area contributed by atoms with Gasteiger partial charge in [0.15, 0.2) is 0 Å². The van der Waals surface area contributed by atoms with E-state index in [-0.39, 0.29) is 22.3 Å². The van der Waals surface area contributed by atoms with Gasteiger partial charge in [0.25, 0.3) is 5.56 Å². The number of hydrogen-bond donors (Lipinski definition) is 0. The fraction of sp³-hybridized carbons (Fsp3) is 0.200. The number of aromatic nitrogens is 2. The fourth-order valence-corrected chi connectivity index (χ4v) is 3.69. The molecule has 3 aromatic carbocycles. The molecule has 0 bridgehead atoms. The normalized spacial score (nSPS) is 12.8. The summed E-state index contributed by atoms with van der Waals surface area (Å²) in [5, 5.41) is 0.276. The van der Waals surface area contributed by atoms with Gasteiger partial charge in [-0.15, -0.1) is 0 Å². The van der Waals surface area contributed by atoms with Crippen LogP contribution in [0.2, 0.25) is 0 Å². The number of rotatable bonds is 4. The van der Waals surface area contributed by atoms with Gasteiger partial charge in [0.05, 0.1) is 22.2 Å². The zero-order valence-electron chi connectivity index (χ0n) is 17.4. The van der Waals surface area contributed by atoms with Gasteiger partial charge in [0, 0.05) is 5.56 Å². The minimum absolute atomic E-state index is 0.197. The van der Waals surface area contributed by atoms with E-state index in [4.69, 9.17) is 0 Å². The summed E-state index contributed by atoms with van der Waals surface area (Å²) >= 11 is 0. The van der Waals surface area contributed by atoms with Crippen LogP contribution >= 0.6 is 0 Å². The Morgan fingerprint density at radius 1 is 1.00 bits per heavy atom. The van der Waals surface area contributed by atoms with Crippen molar-refractivity contribution in [2.24, 2.45) is 0 Å². The molecule has 1 unspecified atom stereocenters. The monoisotopic (exact) mass is 440 g/mol. The number of halogens is 4. The summed E-state index contributed by atoms with van der Waals surface area (Å²) in [6.45, 7) is 4.12. The number of para-hydroxylation sites is 1. The van der Waals surface area contributed by atoms with E-state index in [1.54, 1.807) is 36.4 Å². The predicted molar refractivity (Wildman–Crippen MR) is 116 cm³/mol. The molecule has 0 aliphatic heterocycles. The quantitative estimate of drug-likeness (QED) is 0.330. The van der Waals surface area contributed by atoms with Gasteiger partial charge in [-0.25, -0.2) is 9.37 Å². The highest BCUT2D eigenvalue weighted by molar-refractivity contribution is 5.81. The molecule has 0 aliphatic rings. The maximum atomic E-state index is 13.8. The maximum absolute atomic E-state index is 13.8. The minimum atomic E-state index is -4.83. The summed E-state index contributed by atoms with van der Waals surface area (Å²) in [5.41, 5.74) is -0.362. The largest absolute Gasteiger partial charge is 0.417 e. The minimum Gasteiger partial charge on any atom is -0.268 e. The van der Waals surface area contributed by atoms with Crippen LogP contribution in [-0.4, -0.2) is 9.55 Å². The Kier molecular flexibility index (Phi) is 5.59. The molecular formula is C25H20F4N2O. The van der Waals surface area contributed by atoms with Crippen molar-refractivity contribution >= 4 is 10.9 Å². The maximum Gasteiger partial charge on any atom is 0.417 e. The Morgan fingerprint density at radius 3 is 2.34 bits per heavy atom. The van der Waals surface area contributed by atoms with Crippen molar-refractivity contribution in [3.8, 4) is 17.1 Å². The molecule has 0 saturated carbocycles. The van der Waals surface area contributed by atoms with Gasteiger partial charge >= 0.3 is 6.18 Å². The molecule has 0 aliphatic carbocycles. The topological polar surface area (TPSA) is 34.9 Å². The van der Waals surface area contributed by atoms with Crippen LogP contribution in [0.25, 0.3) is 28.0 Å². The van der Waals surface area contributed by atoms with E-state index < -0.39 is 23.1 Å². The van der Waals surface area contributed by atoms with Crippen LogP contribution in [0.1, 0.15) is 37.3 Å². The van der Waals surface area contributed by atoms with Gasteiger partial charge in [-0.05, 0) is 60.4 Å². The molecule has 3 nitrogen and oxygen atoms in total. The molecule has 7 heteroatoms. The standard InChI is InChI=1S/C25H20F4N2O/c1-3-15(2)16-8-11-18(12-9-16)31-23(30-22-7-5-4-6-20(22)24(31)32)19-13-10-17(26)14-21(19)25(27,28)29/h4-15H,3H2,1-2H3. The van der Waals surface area contributed by atoms with Gasteiger partial charge in [0.2, 0.25) is 0 Å². The Morgan fingerprint density at radius 2 is 1.69 bits per heavy atom. The Balaban J connectivity index is 2.06. The molecule has 0 radical (unpaired) electrons. The second-order valence-corrected chi connectivity index (χ2v) is 7.68. The predicted octanol–water partition coefficient (Wildman–Crippen LogP) is 6.72. The lowest BCUT2D eigenvalue weighted by Crippen LogP contribution is -2.23. The molecule has 0 fully saturated rings. The summed E-state index contributed by atoms with van der Waals surface area (Å²) in [5.74, 6) is -0.921. The molecule has 0 spiro atoms. The summed E-state index contributed by atoms with van der Waals surface area (Å²) in [6, 6.07) is 15.9. The molecular weight excluding hydrogens is 420 g/mol. The van der Waals surface area contributed by atoms with E-state index in [9.17, 15) is 22.4 Å². The SMILES string of the molecule is CCC(C)c1ccc(-n2c(-c3ccc(F)cc3C(F)(F)F)nc3ccccc3c2=O)cc1. The lowest BCUT2D eigenvalue weighted by atomic mass is 9.98. The Labute approximate surface area is 182 Å². The third-order valence-electron chi connectivity index (χ3n) is 5.64. The highest BCUT2D eigenvalue weighted by Crippen LogP contribution is 2.37. The molecule has 1 atom stereocenters. The molecule has 32 heavy (non-hydrogen) atoms. The average molecular weight is 440 g/mol. The van der Waals surface area contributed by atoms with E-state index >= 15 is 0 Å². The second kappa shape index (κ2) is 8.22. The highest BCUT2D eigenvalue weighted by Gasteiger charge is 2.35. The Hall–Kier alpha value is -3.48. The smallest absolute Gasteiger partial charge is 0.268 e. The molecule has 0 amide bonds. The highest BCUT2D eigenvalue weighted by atomic mass is 19.4. The first-order valence-corrected chi connectivity index (χ1v) is 10.2. The van der Waals surface area contributed by atoms with Crippen LogP contribution in [0.5, 0.6) is 0 Å². The van der Waals surface area contributed by atoms with Crippen molar-refractivity contribution in [1.82, 2.24) is 9.55 Å². The number of nitrogens with zero attached hydrogens (tertiary/aromatic N) is 2. The third-order valence-corrected chi connectivity index (χ3v) is 5.64. The molecule has 0 saturated heterocycles. The number of alkyl halides is 3. The number of fused-ring (bicyclic) bond motifs is 1. The van der Waals surface area contributed by atoms with Gasteiger partial charge in [0.1, 0.15) is 11.6 Å². The first-order chi connectivity index (χ1) is 15.2. The average Bonchev–Trinajstić information content (AvgIpc) is 2.78. The van der Waals surface area contributed by atoms with E-state index in [0.717, 1.165) is 28.7 Å². The summed E-state index contributed by atoms with van der Waals surface area (Å²) < 4.78 is 56.2. The van der Waals surface area contributed by atoms with Crippen molar-refractivity contribution in [2.45, 2.75) is 32.4 Å². The van der Waals surface area contributed by atoms with E-state index in [1.807, 2.05) is 12.1 Å². The molecule has 164 valence electrons. The van der Waals surface area contributed by atoms with E-state index in [0.29, 0.717) is 17.7 Å². The third kappa shape index (κ3) is 3.90. The number of hydrogen-bond acceptors (Lipinski definition) is 2. The van der Waals surface area contributed by atoms with Crippen molar-refractivity contribution < 1.29 is 17.6 Å². The summed E-state index contributed by atoms with van der Waals surface area (Å²) in [4.78, 5) is 17.8. The second-order valence-electron chi connectivity index (χ2n) is 7.68. The van der Waals surface area contributed by atoms with Crippen molar-refractivity contribution in [3.05, 3.63) is 94.0 Å². The van der Waals surface area contributed by atoms with Gasteiger partial charge in [-0.2, -0.15) is 13.2 Å². The van der Waals surface area contributed by atoms with Crippen LogP contribution in [0.4, 0.5) is 17.6 Å². The lowest BCUT2D eigenvalue weighted by molar-refractivity contribution is -0.137. The first-order valence-electron chi connectivity index (χ1n) is 10.2. The molecule has 1 heterocycles. The fourth-order valence-electron chi connectivity index (χ4n) is 3.69. The summed E-state index contributed by atoms with van der Waals surface area (Å²) in [7, 11) is 0. The van der Waals surface area contributed by atoms with Crippen molar-refractivity contribution in [2.75, 3.05) is 0 Å². The zero-order valence-corrected chi connectivity index (χ0v) is 17.4. The van der Waals surface area contributed by atoms with E-state index in [1.165, 1.54) is 0 Å². The van der Waals surface area contributed by atoms with Crippen LogP contribution in [0, 0.1) is 5.82 Å². The molecule has 1 aromatic heterocycles. The van der Waals surface area contributed by atoms with Gasteiger partial charge in [-0.3, -0.25) is 9.36 Å². The molecule has 4 aromatic rings. The van der Waals surface area contributed by atoms with Crippen LogP contribution in [0.3, 0.4) is 0 Å². The molecule has 4 rings (SSSR count). The van der Waals surface area contributed by atoms with Gasteiger partial charge in [-0.1, -0.05) is 38.1 Å². The summed E-state index contributed by atoms with van der Waals surface area (Å²) in [6.07, 6.45) is -3.90. The van der Waals surface area contributed by atoms with Crippen LogP contribution in [-0.2, 0) is 6.18 Å². The zero-order chi connectivity index (χ0) is 23.0. The Bertz CT molecular complexity index is 1340. The first kappa shape index (κ1) is 21.7. The lowest BCUT2D eigenvalue weighted by Gasteiger charge is -2.18. The van der Waals surface area contributed by atoms with Gasteiger partial charge < -0.3 is 0 Å². The van der Waals surface area contributed by atoms with E-state index in [2.05, 4.69) is 18.8 Å². The van der Waals surface area contributed by atoms with Crippen molar-refractivity contribution in [3.63, 3.8) is 0 Å².